The van der Waals surface area contributed by atoms with E-state index in [2.05, 4.69) is 41.1 Å². The molecular formula is C12H13NS. The van der Waals surface area contributed by atoms with E-state index in [1.54, 1.807) is 11.3 Å². The van der Waals surface area contributed by atoms with Crippen molar-refractivity contribution in [3.63, 3.8) is 0 Å². The van der Waals surface area contributed by atoms with Gasteiger partial charge in [-0.2, -0.15) is 11.3 Å². The molecule has 1 unspecified atom stereocenters. The van der Waals surface area contributed by atoms with Crippen LogP contribution in [-0.4, -0.2) is 0 Å². The predicted octanol–water partition coefficient (Wildman–Crippen LogP) is 2.99. The van der Waals surface area contributed by atoms with Crippen LogP contribution in [0.25, 0.3) is 0 Å². The molecule has 0 spiro atoms. The Morgan fingerprint density at radius 2 is 1.93 bits per heavy atom. The Kier molecular flexibility index (Phi) is 2.96. The molecule has 2 heteroatoms. The number of thiophene rings is 1. The minimum atomic E-state index is 0.128. The second-order valence-corrected chi connectivity index (χ2v) is 4.13. The van der Waals surface area contributed by atoms with Gasteiger partial charge in [0.1, 0.15) is 0 Å². The molecule has 0 aliphatic carbocycles. The van der Waals surface area contributed by atoms with Crippen molar-refractivity contribution < 1.29 is 0 Å². The number of hydrogen-bond acceptors (Lipinski definition) is 2. The third kappa shape index (κ3) is 2.22. The first-order valence-electron chi connectivity index (χ1n) is 4.68. The molecule has 0 aliphatic rings. The summed E-state index contributed by atoms with van der Waals surface area (Å²) >= 11 is 1.70. The van der Waals surface area contributed by atoms with Gasteiger partial charge in [0, 0.05) is 6.04 Å². The lowest BCUT2D eigenvalue weighted by Gasteiger charge is -2.09. The van der Waals surface area contributed by atoms with Gasteiger partial charge in [-0.3, -0.25) is 0 Å². The highest BCUT2D eigenvalue weighted by Gasteiger charge is 2.06. The summed E-state index contributed by atoms with van der Waals surface area (Å²) in [5, 5.41) is 4.19. The van der Waals surface area contributed by atoms with Crippen molar-refractivity contribution in [1.29, 1.82) is 0 Å². The van der Waals surface area contributed by atoms with Crippen LogP contribution in [0.5, 0.6) is 0 Å². The Morgan fingerprint density at radius 1 is 1.14 bits per heavy atom. The molecule has 0 saturated heterocycles. The average molecular weight is 203 g/mol. The third-order valence-corrected chi connectivity index (χ3v) is 2.97. The second-order valence-electron chi connectivity index (χ2n) is 3.35. The van der Waals surface area contributed by atoms with Crippen LogP contribution in [0.1, 0.15) is 17.2 Å². The number of benzene rings is 1. The number of rotatable bonds is 3. The molecular weight excluding hydrogens is 190 g/mol. The Bertz CT molecular complexity index is 366. The van der Waals surface area contributed by atoms with Gasteiger partial charge in [-0.15, -0.1) is 0 Å². The quantitative estimate of drug-likeness (QED) is 0.815. The summed E-state index contributed by atoms with van der Waals surface area (Å²) < 4.78 is 0. The number of hydrogen-bond donors (Lipinski definition) is 1. The van der Waals surface area contributed by atoms with Crippen LogP contribution < -0.4 is 5.73 Å². The highest BCUT2D eigenvalue weighted by atomic mass is 32.1. The van der Waals surface area contributed by atoms with E-state index in [4.69, 9.17) is 5.73 Å². The van der Waals surface area contributed by atoms with Crippen molar-refractivity contribution >= 4 is 11.3 Å². The van der Waals surface area contributed by atoms with Crippen LogP contribution in [-0.2, 0) is 6.42 Å². The lowest BCUT2D eigenvalue weighted by atomic mass is 10.0. The van der Waals surface area contributed by atoms with Gasteiger partial charge in [-0.1, -0.05) is 30.3 Å². The summed E-state index contributed by atoms with van der Waals surface area (Å²) in [7, 11) is 0. The molecule has 72 valence electrons. The van der Waals surface area contributed by atoms with Crippen molar-refractivity contribution in [3.05, 3.63) is 58.3 Å². The molecule has 14 heavy (non-hydrogen) atoms. The van der Waals surface area contributed by atoms with Gasteiger partial charge in [0.05, 0.1) is 0 Å². The minimum Gasteiger partial charge on any atom is -0.324 e. The standard InChI is InChI=1S/C12H13NS/c13-12(11-6-7-14-9-11)8-10-4-2-1-3-5-10/h1-7,9,12H,8,13H2. The maximum atomic E-state index is 6.08. The molecule has 2 N–H and O–H groups in total. The van der Waals surface area contributed by atoms with Gasteiger partial charge in [0.2, 0.25) is 0 Å². The SMILES string of the molecule is NC(Cc1ccccc1)c1ccsc1. The van der Waals surface area contributed by atoms with Crippen molar-refractivity contribution in [2.24, 2.45) is 5.73 Å². The molecule has 1 atom stereocenters. The van der Waals surface area contributed by atoms with Crippen molar-refractivity contribution in [1.82, 2.24) is 0 Å². The summed E-state index contributed by atoms with van der Waals surface area (Å²) in [4.78, 5) is 0. The molecule has 0 fully saturated rings. The lowest BCUT2D eigenvalue weighted by Crippen LogP contribution is -2.12. The number of nitrogens with two attached hydrogens (primary N) is 1. The molecule has 0 aliphatic heterocycles. The molecule has 0 amide bonds. The second kappa shape index (κ2) is 4.40. The fourth-order valence-electron chi connectivity index (χ4n) is 1.47. The normalized spacial score (nSPS) is 12.6. The zero-order chi connectivity index (χ0) is 9.80. The first kappa shape index (κ1) is 9.44. The van der Waals surface area contributed by atoms with Crippen LogP contribution in [0.2, 0.25) is 0 Å². The fourth-order valence-corrected chi connectivity index (χ4v) is 2.20. The summed E-state index contributed by atoms with van der Waals surface area (Å²) in [6, 6.07) is 12.6. The average Bonchev–Trinajstić information content (AvgIpc) is 2.72. The van der Waals surface area contributed by atoms with Crippen LogP contribution in [0.3, 0.4) is 0 Å². The van der Waals surface area contributed by atoms with Gasteiger partial charge < -0.3 is 5.73 Å². The largest absolute Gasteiger partial charge is 0.324 e. The summed E-state index contributed by atoms with van der Waals surface area (Å²) in [6.07, 6.45) is 0.914. The smallest absolute Gasteiger partial charge is 0.0344 e. The van der Waals surface area contributed by atoms with Crippen LogP contribution >= 0.6 is 11.3 Å². The van der Waals surface area contributed by atoms with Crippen molar-refractivity contribution in [2.45, 2.75) is 12.5 Å². The van der Waals surface area contributed by atoms with E-state index in [1.807, 2.05) is 6.07 Å². The van der Waals surface area contributed by atoms with E-state index in [0.29, 0.717) is 0 Å². The van der Waals surface area contributed by atoms with Gasteiger partial charge in [0.15, 0.2) is 0 Å². The highest BCUT2D eigenvalue weighted by molar-refractivity contribution is 7.07. The Morgan fingerprint density at radius 3 is 2.57 bits per heavy atom. The first-order valence-corrected chi connectivity index (χ1v) is 5.62. The Labute approximate surface area is 88.2 Å². The van der Waals surface area contributed by atoms with Gasteiger partial charge >= 0.3 is 0 Å². The van der Waals surface area contributed by atoms with Crippen molar-refractivity contribution in [3.8, 4) is 0 Å². The third-order valence-electron chi connectivity index (χ3n) is 2.27. The lowest BCUT2D eigenvalue weighted by molar-refractivity contribution is 0.725. The maximum absolute atomic E-state index is 6.08. The topological polar surface area (TPSA) is 26.0 Å². The van der Waals surface area contributed by atoms with E-state index < -0.39 is 0 Å². The summed E-state index contributed by atoms with van der Waals surface area (Å²) in [5.74, 6) is 0. The van der Waals surface area contributed by atoms with Crippen LogP contribution in [0.15, 0.2) is 47.2 Å². The molecule has 1 nitrogen and oxygen atoms in total. The Balaban J connectivity index is 2.06. The van der Waals surface area contributed by atoms with E-state index >= 15 is 0 Å². The van der Waals surface area contributed by atoms with E-state index in [-0.39, 0.29) is 6.04 Å². The minimum absolute atomic E-state index is 0.128. The van der Waals surface area contributed by atoms with E-state index in [1.165, 1.54) is 11.1 Å². The van der Waals surface area contributed by atoms with Gasteiger partial charge in [-0.25, -0.2) is 0 Å². The Hall–Kier alpha value is -1.12. The predicted molar refractivity (Wildman–Crippen MR) is 61.4 cm³/mol. The highest BCUT2D eigenvalue weighted by Crippen LogP contribution is 2.18. The first-order chi connectivity index (χ1) is 6.86. The fraction of sp³-hybridized carbons (Fsp3) is 0.167. The molecule has 0 saturated carbocycles. The molecule has 2 aromatic rings. The van der Waals surface area contributed by atoms with E-state index in [0.717, 1.165) is 6.42 Å². The van der Waals surface area contributed by atoms with Gasteiger partial charge in [0.25, 0.3) is 0 Å². The van der Waals surface area contributed by atoms with Crippen LogP contribution in [0, 0.1) is 0 Å². The van der Waals surface area contributed by atoms with Crippen molar-refractivity contribution in [2.75, 3.05) is 0 Å². The zero-order valence-electron chi connectivity index (χ0n) is 7.89. The summed E-state index contributed by atoms with van der Waals surface area (Å²) in [5.41, 5.74) is 8.61. The van der Waals surface area contributed by atoms with Crippen LogP contribution in [0.4, 0.5) is 0 Å². The molecule has 1 aromatic carbocycles. The molecule has 0 radical (unpaired) electrons. The summed E-state index contributed by atoms with van der Waals surface area (Å²) in [6.45, 7) is 0. The molecule has 0 bridgehead atoms. The van der Waals surface area contributed by atoms with Gasteiger partial charge in [-0.05, 0) is 34.4 Å². The monoisotopic (exact) mass is 203 g/mol. The molecule has 2 rings (SSSR count). The zero-order valence-corrected chi connectivity index (χ0v) is 8.71. The van der Waals surface area contributed by atoms with E-state index in [9.17, 15) is 0 Å². The molecule has 1 aromatic heterocycles. The maximum Gasteiger partial charge on any atom is 0.0344 e. The molecule has 1 heterocycles.